The van der Waals surface area contributed by atoms with Crippen molar-refractivity contribution >= 4 is 29.1 Å². The van der Waals surface area contributed by atoms with E-state index in [4.69, 9.17) is 28.7 Å². The summed E-state index contributed by atoms with van der Waals surface area (Å²) in [7, 11) is 6.16. The molecule has 0 aliphatic carbocycles. The van der Waals surface area contributed by atoms with Gasteiger partial charge in [-0.1, -0.05) is 53.8 Å². The Morgan fingerprint density at radius 2 is 1.64 bits per heavy atom. The number of hydrogen-bond acceptors (Lipinski definition) is 9. The maximum atomic E-state index is 14.1. The number of fused-ring (bicyclic) bond motifs is 1. The number of aromatic nitrogens is 1. The smallest absolute Gasteiger partial charge is 0.338 e. The summed E-state index contributed by atoms with van der Waals surface area (Å²) in [5.74, 6) is 1.41. The highest BCUT2D eigenvalue weighted by Crippen LogP contribution is 2.39. The molecule has 0 N–H and O–H groups in total. The van der Waals surface area contributed by atoms with E-state index in [9.17, 15) is 9.59 Å². The fraction of sp³-hybridized carbons (Fsp3) is 0.219. The zero-order valence-electron chi connectivity index (χ0n) is 23.9. The maximum Gasteiger partial charge on any atom is 0.338 e. The van der Waals surface area contributed by atoms with Gasteiger partial charge in [-0.15, -0.1) is 0 Å². The van der Waals surface area contributed by atoms with Gasteiger partial charge in [0.2, 0.25) is 5.75 Å². The van der Waals surface area contributed by atoms with Gasteiger partial charge < -0.3 is 23.7 Å². The summed E-state index contributed by atoms with van der Waals surface area (Å²) in [6.45, 7) is 1.91. The largest absolute Gasteiger partial charge is 0.497 e. The zero-order chi connectivity index (χ0) is 29.8. The van der Waals surface area contributed by atoms with Crippen molar-refractivity contribution in [3.8, 4) is 23.0 Å². The molecule has 0 spiro atoms. The van der Waals surface area contributed by atoms with Crippen LogP contribution in [0.15, 0.2) is 82.1 Å². The maximum absolute atomic E-state index is 14.1. The molecule has 42 heavy (non-hydrogen) atoms. The van der Waals surface area contributed by atoms with Gasteiger partial charge in [-0.2, -0.15) is 0 Å². The first-order valence-electron chi connectivity index (χ1n) is 13.2. The summed E-state index contributed by atoms with van der Waals surface area (Å²) in [5.41, 5.74) is 2.48. The number of esters is 1. The van der Waals surface area contributed by atoms with E-state index in [2.05, 4.69) is 0 Å². The van der Waals surface area contributed by atoms with E-state index in [0.29, 0.717) is 49.2 Å². The number of carbonyl (C=O) groups excluding carboxylic acids is 1. The third kappa shape index (κ3) is 5.28. The topological polar surface area (TPSA) is 97.6 Å². The fourth-order valence-electron chi connectivity index (χ4n) is 4.90. The number of hydrogen-bond donors (Lipinski definition) is 0. The van der Waals surface area contributed by atoms with Crippen molar-refractivity contribution in [2.45, 2.75) is 13.0 Å². The number of carbonyl (C=O) groups is 1. The van der Waals surface area contributed by atoms with Crippen LogP contribution < -0.4 is 33.8 Å². The van der Waals surface area contributed by atoms with E-state index in [0.717, 1.165) is 5.56 Å². The average molecular weight is 587 g/mol. The van der Waals surface area contributed by atoms with Crippen LogP contribution >= 0.6 is 11.3 Å². The van der Waals surface area contributed by atoms with E-state index in [-0.39, 0.29) is 17.7 Å². The zero-order valence-corrected chi connectivity index (χ0v) is 24.7. The molecule has 1 aliphatic rings. The van der Waals surface area contributed by atoms with E-state index in [1.165, 1.54) is 32.7 Å². The summed E-state index contributed by atoms with van der Waals surface area (Å²) >= 11 is 1.23. The predicted molar refractivity (Wildman–Crippen MR) is 160 cm³/mol. The molecule has 3 aromatic carbocycles. The molecule has 0 saturated carbocycles. The van der Waals surface area contributed by atoms with Gasteiger partial charge in [0, 0.05) is 5.56 Å². The van der Waals surface area contributed by atoms with Crippen LogP contribution in [0.3, 0.4) is 0 Å². The minimum absolute atomic E-state index is 0.167. The summed E-state index contributed by atoms with van der Waals surface area (Å²) < 4.78 is 29.4. The van der Waals surface area contributed by atoms with Crippen molar-refractivity contribution in [1.29, 1.82) is 0 Å². The predicted octanol–water partition coefficient (Wildman–Crippen LogP) is 3.97. The molecule has 5 rings (SSSR count). The lowest BCUT2D eigenvalue weighted by atomic mass is 9.93. The molecule has 10 heteroatoms. The Hall–Kier alpha value is -4.83. The Balaban J connectivity index is 1.82. The third-order valence-corrected chi connectivity index (χ3v) is 7.75. The van der Waals surface area contributed by atoms with Crippen LogP contribution in [0.4, 0.5) is 0 Å². The summed E-state index contributed by atoms with van der Waals surface area (Å²) in [5, 5.41) is 0. The number of benzene rings is 3. The second-order valence-electron chi connectivity index (χ2n) is 9.17. The molecule has 9 nitrogen and oxygen atoms in total. The van der Waals surface area contributed by atoms with Crippen LogP contribution in [-0.4, -0.2) is 45.6 Å². The van der Waals surface area contributed by atoms with Gasteiger partial charge in [-0.05, 0) is 48.4 Å². The molecular weight excluding hydrogens is 556 g/mol. The number of methoxy groups -OCH3 is 4. The Kier molecular flexibility index (Phi) is 8.44. The molecule has 0 bridgehead atoms. The van der Waals surface area contributed by atoms with E-state index in [1.807, 2.05) is 54.6 Å². The average Bonchev–Trinajstić information content (AvgIpc) is 3.34. The van der Waals surface area contributed by atoms with Gasteiger partial charge in [-0.3, -0.25) is 9.36 Å². The monoisotopic (exact) mass is 586 g/mol. The lowest BCUT2D eigenvalue weighted by molar-refractivity contribution is -0.138. The Morgan fingerprint density at radius 3 is 2.26 bits per heavy atom. The van der Waals surface area contributed by atoms with Crippen molar-refractivity contribution in [2.75, 3.05) is 35.0 Å². The molecule has 0 saturated heterocycles. The second kappa shape index (κ2) is 12.4. The second-order valence-corrected chi connectivity index (χ2v) is 10.2. The van der Waals surface area contributed by atoms with E-state index >= 15 is 0 Å². The Labute approximate surface area is 246 Å². The molecule has 1 unspecified atom stereocenters. The van der Waals surface area contributed by atoms with E-state index < -0.39 is 12.0 Å². The molecular formula is C32H30N2O7S. The highest BCUT2D eigenvalue weighted by Gasteiger charge is 2.35. The minimum Gasteiger partial charge on any atom is -0.497 e. The van der Waals surface area contributed by atoms with Gasteiger partial charge in [0.05, 0.1) is 56.9 Å². The standard InChI is InChI=1S/C32H30N2O7S/c1-6-41-31(36)26-27(20-11-8-7-9-12-20)33-32-34(28(26)21-13-10-14-22(18-21)37-2)30(35)25(42-32)17-19-15-23(38-3)29(40-5)24(16-19)39-4/h7-18,28H,6H2,1-5H3/b25-17-. The van der Waals surface area contributed by atoms with Crippen LogP contribution in [0.2, 0.25) is 0 Å². The van der Waals surface area contributed by atoms with Crippen molar-refractivity contribution < 1.29 is 28.5 Å². The van der Waals surface area contributed by atoms with Crippen LogP contribution in [-0.2, 0) is 9.53 Å². The van der Waals surface area contributed by atoms with Crippen LogP contribution in [0.25, 0.3) is 11.8 Å². The summed E-state index contributed by atoms with van der Waals surface area (Å²) in [4.78, 5) is 33.1. The molecule has 4 aromatic rings. The summed E-state index contributed by atoms with van der Waals surface area (Å²) in [6.07, 6.45) is 1.74. The molecule has 1 aliphatic heterocycles. The normalized spacial score (nSPS) is 14.6. The van der Waals surface area contributed by atoms with Crippen LogP contribution in [0.5, 0.6) is 23.0 Å². The lowest BCUT2D eigenvalue weighted by Crippen LogP contribution is -2.40. The number of thiazole rings is 1. The molecule has 216 valence electrons. The molecule has 0 radical (unpaired) electrons. The van der Waals surface area contributed by atoms with Crippen molar-refractivity contribution in [2.24, 2.45) is 4.99 Å². The van der Waals surface area contributed by atoms with E-state index in [1.54, 1.807) is 36.8 Å². The minimum atomic E-state index is -0.812. The molecule has 0 fully saturated rings. The van der Waals surface area contributed by atoms with Gasteiger partial charge in [0.15, 0.2) is 16.3 Å². The first kappa shape index (κ1) is 28.7. The molecule has 2 heterocycles. The third-order valence-electron chi connectivity index (χ3n) is 6.77. The first-order valence-corrected chi connectivity index (χ1v) is 14.0. The van der Waals surface area contributed by atoms with Crippen molar-refractivity contribution in [3.63, 3.8) is 0 Å². The van der Waals surface area contributed by atoms with Crippen molar-refractivity contribution in [3.05, 3.63) is 109 Å². The lowest BCUT2D eigenvalue weighted by Gasteiger charge is -2.26. The highest BCUT2D eigenvalue weighted by molar-refractivity contribution is 7.07. The fourth-order valence-corrected chi connectivity index (χ4v) is 5.90. The van der Waals surface area contributed by atoms with Crippen LogP contribution in [0, 0.1) is 0 Å². The van der Waals surface area contributed by atoms with Crippen molar-refractivity contribution in [1.82, 2.24) is 4.57 Å². The van der Waals surface area contributed by atoms with Gasteiger partial charge in [0.25, 0.3) is 5.56 Å². The molecule has 1 aromatic heterocycles. The number of rotatable bonds is 9. The quantitative estimate of drug-likeness (QED) is 0.274. The van der Waals surface area contributed by atoms with Gasteiger partial charge in [-0.25, -0.2) is 9.79 Å². The SMILES string of the molecule is CCOC(=O)C1=C(c2ccccc2)N=c2s/c(=C\c3cc(OC)c(OC)c(OC)c3)c(=O)n2C1c1cccc(OC)c1. The molecule has 0 amide bonds. The molecule has 1 atom stereocenters. The number of nitrogens with zero attached hydrogens (tertiary/aromatic N) is 2. The summed E-state index contributed by atoms with van der Waals surface area (Å²) in [6, 6.07) is 19.4. The Bertz CT molecular complexity index is 1820. The van der Waals surface area contributed by atoms with Crippen LogP contribution in [0.1, 0.15) is 29.7 Å². The van der Waals surface area contributed by atoms with Gasteiger partial charge in [0.1, 0.15) is 5.75 Å². The highest BCUT2D eigenvalue weighted by atomic mass is 32.1. The first-order chi connectivity index (χ1) is 20.4. The number of ether oxygens (including phenoxy) is 5. The Morgan fingerprint density at radius 1 is 0.929 bits per heavy atom. The van der Waals surface area contributed by atoms with Gasteiger partial charge >= 0.3 is 5.97 Å².